The highest BCUT2D eigenvalue weighted by Crippen LogP contribution is 2.25. The Morgan fingerprint density at radius 3 is 2.67 bits per heavy atom. The van der Waals surface area contributed by atoms with Crippen LogP contribution in [0.2, 0.25) is 0 Å². The summed E-state index contributed by atoms with van der Waals surface area (Å²) >= 11 is 0. The fourth-order valence-electron chi connectivity index (χ4n) is 1.84. The molecular formula is C16H16N4O4. The highest BCUT2D eigenvalue weighted by molar-refractivity contribution is 5.85. The number of phenols is 1. The molecular weight excluding hydrogens is 312 g/mol. The molecule has 0 atom stereocenters. The van der Waals surface area contributed by atoms with Gasteiger partial charge >= 0.3 is 5.69 Å². The van der Waals surface area contributed by atoms with Crippen LogP contribution < -0.4 is 10.7 Å². The van der Waals surface area contributed by atoms with Gasteiger partial charge in [0.25, 0.3) is 5.91 Å². The number of aryl methyl sites for hydroxylation is 1. The van der Waals surface area contributed by atoms with Crippen molar-refractivity contribution in [3.05, 3.63) is 63.7 Å². The van der Waals surface area contributed by atoms with Crippen molar-refractivity contribution in [2.24, 2.45) is 5.10 Å². The van der Waals surface area contributed by atoms with E-state index in [-0.39, 0.29) is 12.5 Å². The second kappa shape index (κ2) is 7.73. The molecule has 0 aliphatic heterocycles. The number of nitro groups is 1. The summed E-state index contributed by atoms with van der Waals surface area (Å²) in [7, 11) is 0. The number of nitrogens with zero attached hydrogens (tertiary/aromatic N) is 2. The Hall–Kier alpha value is -3.42. The van der Waals surface area contributed by atoms with Gasteiger partial charge < -0.3 is 10.4 Å². The van der Waals surface area contributed by atoms with E-state index in [4.69, 9.17) is 0 Å². The Bertz CT molecular complexity index is 772. The van der Waals surface area contributed by atoms with Gasteiger partial charge in [0.2, 0.25) is 0 Å². The first-order valence-corrected chi connectivity index (χ1v) is 7.05. The van der Waals surface area contributed by atoms with Gasteiger partial charge in [0, 0.05) is 17.3 Å². The van der Waals surface area contributed by atoms with Crippen LogP contribution in [-0.2, 0) is 4.79 Å². The van der Waals surface area contributed by atoms with Gasteiger partial charge in [-0.05, 0) is 31.2 Å². The number of amides is 1. The smallest absolute Gasteiger partial charge is 0.311 e. The number of carbonyl (C=O) groups is 1. The number of hydrogen-bond donors (Lipinski definition) is 3. The molecule has 0 aliphatic carbocycles. The van der Waals surface area contributed by atoms with Crippen molar-refractivity contribution in [1.29, 1.82) is 0 Å². The van der Waals surface area contributed by atoms with Crippen molar-refractivity contribution >= 4 is 23.5 Å². The summed E-state index contributed by atoms with van der Waals surface area (Å²) in [4.78, 5) is 21.7. The summed E-state index contributed by atoms with van der Waals surface area (Å²) in [6.45, 7) is 2.01. The summed E-state index contributed by atoms with van der Waals surface area (Å²) in [5, 5.41) is 26.7. The summed E-state index contributed by atoms with van der Waals surface area (Å²) in [5.41, 5.74) is 4.20. The number of anilines is 1. The molecule has 24 heavy (non-hydrogen) atoms. The zero-order valence-electron chi connectivity index (χ0n) is 12.9. The molecule has 124 valence electrons. The molecule has 0 spiro atoms. The molecule has 2 aromatic rings. The Kier molecular flexibility index (Phi) is 5.45. The van der Waals surface area contributed by atoms with Crippen LogP contribution in [0.4, 0.5) is 11.4 Å². The minimum Gasteiger partial charge on any atom is -0.502 e. The number of rotatable bonds is 6. The van der Waals surface area contributed by atoms with E-state index >= 15 is 0 Å². The third kappa shape index (κ3) is 4.80. The van der Waals surface area contributed by atoms with Gasteiger partial charge in [-0.2, -0.15) is 5.10 Å². The molecule has 2 aromatic carbocycles. The number of aromatic hydroxyl groups is 1. The maximum absolute atomic E-state index is 11.7. The van der Waals surface area contributed by atoms with Gasteiger partial charge in [0.05, 0.1) is 17.7 Å². The minimum absolute atomic E-state index is 0.0378. The normalized spacial score (nSPS) is 10.5. The van der Waals surface area contributed by atoms with E-state index in [0.717, 1.165) is 17.3 Å². The average molecular weight is 328 g/mol. The summed E-state index contributed by atoms with van der Waals surface area (Å²) in [5.74, 6) is -0.788. The molecule has 0 saturated carbocycles. The largest absolute Gasteiger partial charge is 0.502 e. The monoisotopic (exact) mass is 328 g/mol. The lowest BCUT2D eigenvalue weighted by molar-refractivity contribution is -0.385. The Morgan fingerprint density at radius 1 is 1.29 bits per heavy atom. The van der Waals surface area contributed by atoms with E-state index in [2.05, 4.69) is 15.8 Å². The third-order valence-corrected chi connectivity index (χ3v) is 3.10. The standard InChI is InChI=1S/C16H16N4O4/c1-11-2-5-13(6-3-11)17-10-16(22)19-18-9-12-4-7-15(21)14(8-12)20(23)24/h2-9,17,21H,10H2,1H3,(H,19,22)/b18-9+. The lowest BCUT2D eigenvalue weighted by Gasteiger charge is -2.05. The molecule has 0 unspecified atom stereocenters. The first-order valence-electron chi connectivity index (χ1n) is 7.05. The minimum atomic E-state index is -0.698. The maximum Gasteiger partial charge on any atom is 0.311 e. The summed E-state index contributed by atoms with van der Waals surface area (Å²) in [6, 6.07) is 11.4. The van der Waals surface area contributed by atoms with Crippen LogP contribution in [0.1, 0.15) is 11.1 Å². The summed E-state index contributed by atoms with van der Waals surface area (Å²) < 4.78 is 0. The van der Waals surface area contributed by atoms with Crippen LogP contribution in [0, 0.1) is 17.0 Å². The SMILES string of the molecule is Cc1ccc(NCC(=O)N/N=C/c2ccc(O)c([N+](=O)[O-])c2)cc1. The van der Waals surface area contributed by atoms with Crippen molar-refractivity contribution in [1.82, 2.24) is 5.43 Å². The first-order chi connectivity index (χ1) is 11.5. The van der Waals surface area contributed by atoms with Crippen LogP contribution in [0.3, 0.4) is 0 Å². The molecule has 8 heteroatoms. The van der Waals surface area contributed by atoms with Crippen molar-refractivity contribution in [2.45, 2.75) is 6.92 Å². The van der Waals surface area contributed by atoms with Crippen molar-refractivity contribution in [3.63, 3.8) is 0 Å². The van der Waals surface area contributed by atoms with E-state index in [9.17, 15) is 20.0 Å². The van der Waals surface area contributed by atoms with Crippen LogP contribution in [0.5, 0.6) is 5.75 Å². The number of hydrazone groups is 1. The molecule has 0 fully saturated rings. The number of carbonyl (C=O) groups excluding carboxylic acids is 1. The van der Waals surface area contributed by atoms with Gasteiger partial charge in [0.15, 0.2) is 5.75 Å². The molecule has 1 amide bonds. The molecule has 0 bridgehead atoms. The van der Waals surface area contributed by atoms with Crippen molar-refractivity contribution in [2.75, 3.05) is 11.9 Å². The second-order valence-corrected chi connectivity index (χ2v) is 5.02. The van der Waals surface area contributed by atoms with Crippen LogP contribution >= 0.6 is 0 Å². The molecule has 0 radical (unpaired) electrons. The van der Waals surface area contributed by atoms with Gasteiger partial charge in [-0.15, -0.1) is 0 Å². The lowest BCUT2D eigenvalue weighted by Crippen LogP contribution is -2.25. The van der Waals surface area contributed by atoms with E-state index in [1.54, 1.807) is 0 Å². The molecule has 0 aliphatic rings. The third-order valence-electron chi connectivity index (χ3n) is 3.10. The van der Waals surface area contributed by atoms with Gasteiger partial charge in [0.1, 0.15) is 0 Å². The van der Waals surface area contributed by atoms with E-state index in [1.807, 2.05) is 31.2 Å². The molecule has 0 heterocycles. The first kappa shape index (κ1) is 16.9. The van der Waals surface area contributed by atoms with Gasteiger partial charge in [-0.25, -0.2) is 5.43 Å². The van der Waals surface area contributed by atoms with Crippen molar-refractivity contribution < 1.29 is 14.8 Å². The van der Waals surface area contributed by atoms with Gasteiger partial charge in [-0.1, -0.05) is 17.7 Å². The Labute approximate surface area is 138 Å². The zero-order valence-corrected chi connectivity index (χ0v) is 12.9. The lowest BCUT2D eigenvalue weighted by atomic mass is 10.2. The molecule has 0 aromatic heterocycles. The number of nitro benzene ring substituents is 1. The average Bonchev–Trinajstić information content (AvgIpc) is 2.55. The molecule has 0 saturated heterocycles. The van der Waals surface area contributed by atoms with E-state index < -0.39 is 16.4 Å². The quantitative estimate of drug-likeness (QED) is 0.427. The highest BCUT2D eigenvalue weighted by atomic mass is 16.6. The number of phenolic OH excluding ortho intramolecular Hbond substituents is 1. The number of benzene rings is 2. The Morgan fingerprint density at radius 2 is 2.00 bits per heavy atom. The molecule has 3 N–H and O–H groups in total. The predicted molar refractivity (Wildman–Crippen MR) is 90.2 cm³/mol. The van der Waals surface area contributed by atoms with Crippen LogP contribution in [-0.4, -0.2) is 28.7 Å². The number of nitrogens with one attached hydrogen (secondary N) is 2. The zero-order chi connectivity index (χ0) is 17.5. The fraction of sp³-hybridized carbons (Fsp3) is 0.125. The topological polar surface area (TPSA) is 117 Å². The molecule has 2 rings (SSSR count). The summed E-state index contributed by atoms with van der Waals surface area (Å²) in [6.07, 6.45) is 1.26. The fourth-order valence-corrected chi connectivity index (χ4v) is 1.84. The molecule has 8 nitrogen and oxygen atoms in total. The Balaban J connectivity index is 1.87. The van der Waals surface area contributed by atoms with Gasteiger partial charge in [-0.3, -0.25) is 14.9 Å². The maximum atomic E-state index is 11.7. The van der Waals surface area contributed by atoms with E-state index in [1.165, 1.54) is 18.3 Å². The van der Waals surface area contributed by atoms with Crippen LogP contribution in [0.15, 0.2) is 47.6 Å². The van der Waals surface area contributed by atoms with Crippen LogP contribution in [0.25, 0.3) is 0 Å². The highest BCUT2D eigenvalue weighted by Gasteiger charge is 2.12. The predicted octanol–water partition coefficient (Wildman–Crippen LogP) is 2.17. The van der Waals surface area contributed by atoms with Crippen molar-refractivity contribution in [3.8, 4) is 5.75 Å². The van der Waals surface area contributed by atoms with E-state index in [0.29, 0.717) is 5.56 Å². The second-order valence-electron chi connectivity index (χ2n) is 5.02. The number of hydrogen-bond acceptors (Lipinski definition) is 6.